The van der Waals surface area contributed by atoms with E-state index in [4.69, 9.17) is 22.1 Å². The molecule has 1 amide bonds. The lowest BCUT2D eigenvalue weighted by atomic mass is 9.83. The number of nitrogens with two attached hydrogens (primary N) is 1. The maximum atomic E-state index is 14.2. The molecule has 2 aliphatic rings. The molecule has 8 heteroatoms. The highest BCUT2D eigenvalue weighted by Gasteiger charge is 2.50. The Morgan fingerprint density at radius 1 is 1.10 bits per heavy atom. The van der Waals surface area contributed by atoms with Crippen molar-refractivity contribution < 1.29 is 24.2 Å². The summed E-state index contributed by atoms with van der Waals surface area (Å²) in [5, 5.41) is 12.3. The topological polar surface area (TPSA) is 110 Å². The van der Waals surface area contributed by atoms with E-state index in [-0.39, 0.29) is 29.9 Å². The molecule has 4 atom stereocenters. The Kier molecular flexibility index (Phi) is 7.50. The van der Waals surface area contributed by atoms with Crippen LogP contribution in [0.15, 0.2) is 60.7 Å². The molecule has 5 rings (SSSR count). The number of nitrogens with zero attached hydrogens (tertiary/aromatic N) is 1. The smallest absolute Gasteiger partial charge is 0.324 e. The molecule has 0 saturated heterocycles. The van der Waals surface area contributed by atoms with Gasteiger partial charge in [0.25, 0.3) is 5.91 Å². The predicted octanol–water partition coefficient (Wildman–Crippen LogP) is 5.90. The number of ether oxygens (including phenoxy) is 1. The van der Waals surface area contributed by atoms with Gasteiger partial charge >= 0.3 is 5.97 Å². The first kappa shape index (κ1) is 28.3. The number of carboxylic acids is 1. The van der Waals surface area contributed by atoms with Crippen molar-refractivity contribution in [3.63, 3.8) is 0 Å². The zero-order valence-corrected chi connectivity index (χ0v) is 23.8. The SMILES string of the molecule is CC(C)(C)CN1C(=O)C(CC(=O)C2CCCC2(N)C(=O)O)OC(c2cccc3ccccc23)c2cc(Cl)ccc21. The predicted molar refractivity (Wildman–Crippen MR) is 155 cm³/mol. The van der Waals surface area contributed by atoms with E-state index < -0.39 is 29.6 Å². The van der Waals surface area contributed by atoms with Crippen molar-refractivity contribution in [2.24, 2.45) is 17.1 Å². The molecular formula is C32H35ClN2O5. The number of aliphatic carboxylic acids is 1. The van der Waals surface area contributed by atoms with Crippen molar-refractivity contribution >= 4 is 45.7 Å². The lowest BCUT2D eigenvalue weighted by Crippen LogP contribution is -2.54. The minimum Gasteiger partial charge on any atom is -0.480 e. The summed E-state index contributed by atoms with van der Waals surface area (Å²) in [6.45, 7) is 6.50. The van der Waals surface area contributed by atoms with Crippen LogP contribution in [0.25, 0.3) is 10.8 Å². The molecule has 1 aliphatic heterocycles. The molecule has 0 aromatic heterocycles. The number of halogens is 1. The lowest BCUT2D eigenvalue weighted by molar-refractivity contribution is -0.149. The van der Waals surface area contributed by atoms with Crippen molar-refractivity contribution in [2.75, 3.05) is 11.4 Å². The number of rotatable bonds is 6. The van der Waals surface area contributed by atoms with Crippen LogP contribution < -0.4 is 10.6 Å². The van der Waals surface area contributed by atoms with Gasteiger partial charge < -0.3 is 20.5 Å². The fourth-order valence-electron chi connectivity index (χ4n) is 6.12. The number of amides is 1. The average molecular weight is 563 g/mol. The summed E-state index contributed by atoms with van der Waals surface area (Å²) in [5.74, 6) is -2.78. The first-order valence-electron chi connectivity index (χ1n) is 13.7. The minimum atomic E-state index is -1.64. The summed E-state index contributed by atoms with van der Waals surface area (Å²) in [7, 11) is 0. The maximum Gasteiger partial charge on any atom is 0.324 e. The molecule has 0 radical (unpaired) electrons. The van der Waals surface area contributed by atoms with Gasteiger partial charge in [-0.1, -0.05) is 81.3 Å². The van der Waals surface area contributed by atoms with Crippen molar-refractivity contribution in [3.05, 3.63) is 76.8 Å². The molecule has 1 aliphatic carbocycles. The van der Waals surface area contributed by atoms with Crippen LogP contribution in [0.3, 0.4) is 0 Å². The molecule has 0 bridgehead atoms. The summed E-state index contributed by atoms with van der Waals surface area (Å²) < 4.78 is 6.64. The monoisotopic (exact) mass is 562 g/mol. The molecule has 210 valence electrons. The molecule has 3 aromatic rings. The van der Waals surface area contributed by atoms with Crippen LogP contribution in [0.4, 0.5) is 5.69 Å². The van der Waals surface area contributed by atoms with E-state index in [1.165, 1.54) is 0 Å². The lowest BCUT2D eigenvalue weighted by Gasteiger charge is -2.32. The van der Waals surface area contributed by atoms with Gasteiger partial charge in [0.15, 0.2) is 0 Å². The normalized spacial score (nSPS) is 25.1. The zero-order valence-electron chi connectivity index (χ0n) is 23.0. The third kappa shape index (κ3) is 5.26. The van der Waals surface area contributed by atoms with Gasteiger partial charge in [0.05, 0.1) is 0 Å². The highest BCUT2D eigenvalue weighted by Crippen LogP contribution is 2.43. The Morgan fingerprint density at radius 2 is 1.82 bits per heavy atom. The van der Waals surface area contributed by atoms with Crippen LogP contribution in [0, 0.1) is 11.3 Å². The maximum absolute atomic E-state index is 14.2. The second kappa shape index (κ2) is 10.6. The average Bonchev–Trinajstić information content (AvgIpc) is 3.27. The van der Waals surface area contributed by atoms with Crippen molar-refractivity contribution in [2.45, 2.75) is 64.2 Å². The highest BCUT2D eigenvalue weighted by molar-refractivity contribution is 6.30. The van der Waals surface area contributed by atoms with Crippen LogP contribution in [0.5, 0.6) is 0 Å². The van der Waals surface area contributed by atoms with Gasteiger partial charge in [-0.25, -0.2) is 0 Å². The van der Waals surface area contributed by atoms with Crippen LogP contribution in [0.2, 0.25) is 5.02 Å². The number of anilines is 1. The molecule has 40 heavy (non-hydrogen) atoms. The Bertz CT molecular complexity index is 1480. The largest absolute Gasteiger partial charge is 0.480 e. The van der Waals surface area contributed by atoms with E-state index in [0.29, 0.717) is 30.1 Å². The fraction of sp³-hybridized carbons (Fsp3) is 0.406. The van der Waals surface area contributed by atoms with Gasteiger partial charge in [-0.05, 0) is 52.8 Å². The minimum absolute atomic E-state index is 0.219. The standard InChI is InChI=1S/C32H35ClN2O5/c1-31(2,3)18-35-25-14-13-20(33)16-23(25)28(22-11-6-9-19-8-4-5-10-21(19)22)40-27(29(35)37)17-26(36)24-12-7-15-32(24,34)30(38)39/h4-6,8-11,13-14,16,24,27-28H,7,12,15,17-18,34H2,1-3H3,(H,38,39). The zero-order chi connectivity index (χ0) is 28.8. The van der Waals surface area contributed by atoms with E-state index in [9.17, 15) is 19.5 Å². The number of ketones is 1. The second-order valence-electron chi connectivity index (χ2n) is 12.2. The quantitative estimate of drug-likeness (QED) is 0.387. The van der Waals surface area contributed by atoms with Crippen LogP contribution in [-0.4, -0.2) is 41.0 Å². The number of carbonyl (C=O) groups excluding carboxylic acids is 2. The van der Waals surface area contributed by atoms with E-state index in [1.54, 1.807) is 11.0 Å². The Balaban J connectivity index is 1.63. The first-order valence-corrected chi connectivity index (χ1v) is 14.1. The molecule has 1 saturated carbocycles. The van der Waals surface area contributed by atoms with Gasteiger partial charge in [-0.3, -0.25) is 14.4 Å². The van der Waals surface area contributed by atoms with E-state index >= 15 is 0 Å². The summed E-state index contributed by atoms with van der Waals surface area (Å²) >= 11 is 6.50. The van der Waals surface area contributed by atoms with Crippen molar-refractivity contribution in [1.29, 1.82) is 0 Å². The van der Waals surface area contributed by atoms with Crippen LogP contribution >= 0.6 is 11.6 Å². The first-order chi connectivity index (χ1) is 18.9. The highest BCUT2D eigenvalue weighted by atomic mass is 35.5. The summed E-state index contributed by atoms with van der Waals surface area (Å²) in [6, 6.07) is 19.3. The van der Waals surface area contributed by atoms with E-state index in [0.717, 1.165) is 21.9 Å². The Hall–Kier alpha value is -3.26. The van der Waals surface area contributed by atoms with Gasteiger partial charge in [0.2, 0.25) is 0 Å². The molecular weight excluding hydrogens is 528 g/mol. The Labute approximate surface area is 239 Å². The number of Topliss-reactive ketones (excluding diaryl/α,β-unsaturated/α-hetero) is 1. The molecule has 4 unspecified atom stereocenters. The van der Waals surface area contributed by atoms with Crippen molar-refractivity contribution in [3.8, 4) is 0 Å². The van der Waals surface area contributed by atoms with Gasteiger partial charge in [-0.2, -0.15) is 0 Å². The number of hydrogen-bond acceptors (Lipinski definition) is 5. The summed E-state index contributed by atoms with van der Waals surface area (Å²) in [4.78, 5) is 41.6. The number of carbonyl (C=O) groups is 3. The fourth-order valence-corrected chi connectivity index (χ4v) is 6.30. The molecule has 3 N–H and O–H groups in total. The van der Waals surface area contributed by atoms with Crippen molar-refractivity contribution in [1.82, 2.24) is 0 Å². The van der Waals surface area contributed by atoms with Gasteiger partial charge in [0, 0.05) is 35.2 Å². The van der Waals surface area contributed by atoms with E-state index in [1.807, 2.05) is 75.4 Å². The molecule has 0 spiro atoms. The number of benzene rings is 3. The third-order valence-corrected chi connectivity index (χ3v) is 8.26. The molecule has 7 nitrogen and oxygen atoms in total. The summed E-state index contributed by atoms with van der Waals surface area (Å²) in [6.07, 6.45) is -0.967. The van der Waals surface area contributed by atoms with Crippen LogP contribution in [0.1, 0.15) is 63.7 Å². The van der Waals surface area contributed by atoms with Gasteiger partial charge in [0.1, 0.15) is 23.5 Å². The number of fused-ring (bicyclic) bond motifs is 2. The summed E-state index contributed by atoms with van der Waals surface area (Å²) in [5.41, 5.74) is 6.58. The molecule has 1 heterocycles. The van der Waals surface area contributed by atoms with E-state index in [2.05, 4.69) is 0 Å². The number of carboxylic acid groups (broad SMARTS) is 1. The number of hydrogen-bond donors (Lipinski definition) is 2. The third-order valence-electron chi connectivity index (χ3n) is 8.02. The van der Waals surface area contributed by atoms with Gasteiger partial charge in [-0.15, -0.1) is 0 Å². The Morgan fingerprint density at radius 3 is 2.55 bits per heavy atom. The second-order valence-corrected chi connectivity index (χ2v) is 12.7. The van der Waals surface area contributed by atoms with Crippen LogP contribution in [-0.2, 0) is 19.1 Å². The molecule has 3 aromatic carbocycles. The molecule has 1 fully saturated rings.